The van der Waals surface area contributed by atoms with E-state index in [9.17, 15) is 0 Å². The van der Waals surface area contributed by atoms with Gasteiger partial charge in [-0.1, -0.05) is 18.2 Å². The number of rotatable bonds is 3. The summed E-state index contributed by atoms with van der Waals surface area (Å²) in [5.74, 6) is 1.05. The Morgan fingerprint density at radius 3 is 2.89 bits per heavy atom. The smallest absolute Gasteiger partial charge is 0.123 e. The maximum absolute atomic E-state index is 6.00. The number of morpholine rings is 1. The van der Waals surface area contributed by atoms with Gasteiger partial charge >= 0.3 is 0 Å². The molecule has 1 fully saturated rings. The molecule has 4 heteroatoms. The van der Waals surface area contributed by atoms with Crippen LogP contribution < -0.4 is 10.5 Å². The van der Waals surface area contributed by atoms with Crippen molar-refractivity contribution in [2.75, 3.05) is 26.2 Å². The highest BCUT2D eigenvalue weighted by molar-refractivity contribution is 5.37. The predicted octanol–water partition coefficient (Wildman–Crippen LogP) is 1.04. The second kappa shape index (κ2) is 5.49. The summed E-state index contributed by atoms with van der Waals surface area (Å²) in [5, 5.41) is 0. The highest BCUT2D eigenvalue weighted by Gasteiger charge is 2.29. The lowest BCUT2D eigenvalue weighted by molar-refractivity contribution is -0.0778. The number of para-hydroxylation sites is 1. The van der Waals surface area contributed by atoms with E-state index in [1.165, 1.54) is 5.56 Å². The van der Waals surface area contributed by atoms with Crippen molar-refractivity contribution >= 4 is 0 Å². The third-order valence-electron chi connectivity index (χ3n) is 3.84. The van der Waals surface area contributed by atoms with Gasteiger partial charge in [0.25, 0.3) is 0 Å². The lowest BCUT2D eigenvalue weighted by Crippen LogP contribution is -2.51. The van der Waals surface area contributed by atoms with E-state index in [1.807, 2.05) is 6.07 Å². The van der Waals surface area contributed by atoms with Gasteiger partial charge in [0.2, 0.25) is 0 Å². The fraction of sp³-hybridized carbons (Fsp3) is 0.600. The quantitative estimate of drug-likeness (QED) is 0.884. The number of hydrogen-bond donors (Lipinski definition) is 1. The van der Waals surface area contributed by atoms with Crippen LogP contribution >= 0.6 is 0 Å². The van der Waals surface area contributed by atoms with Crippen molar-refractivity contribution in [2.45, 2.75) is 31.7 Å². The fourth-order valence-electron chi connectivity index (χ4n) is 3.06. The Morgan fingerprint density at radius 1 is 1.26 bits per heavy atom. The van der Waals surface area contributed by atoms with Crippen LogP contribution in [0, 0.1) is 0 Å². The molecule has 19 heavy (non-hydrogen) atoms. The number of benzene rings is 1. The standard InChI is InChI=1S/C15H22N2O2/c1-11-8-17(10-14(7-16)18-11)9-13-6-12-4-2-3-5-15(12)19-13/h2-5,11,13-14H,6-10,16H2,1H3. The van der Waals surface area contributed by atoms with E-state index in [1.54, 1.807) is 0 Å². The Balaban J connectivity index is 1.58. The van der Waals surface area contributed by atoms with Crippen molar-refractivity contribution in [3.8, 4) is 5.75 Å². The van der Waals surface area contributed by atoms with Gasteiger partial charge in [-0.15, -0.1) is 0 Å². The molecule has 2 aliphatic rings. The van der Waals surface area contributed by atoms with E-state index < -0.39 is 0 Å². The molecule has 0 amide bonds. The first-order valence-electron chi connectivity index (χ1n) is 7.07. The molecule has 104 valence electrons. The molecule has 0 saturated carbocycles. The van der Waals surface area contributed by atoms with Gasteiger partial charge in [0.05, 0.1) is 12.2 Å². The highest BCUT2D eigenvalue weighted by Crippen LogP contribution is 2.28. The molecule has 4 nitrogen and oxygen atoms in total. The number of hydrogen-bond acceptors (Lipinski definition) is 4. The van der Waals surface area contributed by atoms with Crippen molar-refractivity contribution in [2.24, 2.45) is 5.73 Å². The van der Waals surface area contributed by atoms with Crippen LogP contribution in [-0.2, 0) is 11.2 Å². The lowest BCUT2D eigenvalue weighted by atomic mass is 10.1. The fourth-order valence-corrected chi connectivity index (χ4v) is 3.06. The van der Waals surface area contributed by atoms with Gasteiger partial charge < -0.3 is 15.2 Å². The summed E-state index contributed by atoms with van der Waals surface area (Å²) in [6, 6.07) is 8.31. The summed E-state index contributed by atoms with van der Waals surface area (Å²) in [6.07, 6.45) is 1.69. The monoisotopic (exact) mass is 262 g/mol. The maximum atomic E-state index is 6.00. The number of nitrogens with two attached hydrogens (primary N) is 1. The molecule has 0 radical (unpaired) electrons. The molecule has 3 atom stereocenters. The molecule has 0 spiro atoms. The van der Waals surface area contributed by atoms with Gasteiger partial charge in [0.1, 0.15) is 11.9 Å². The largest absolute Gasteiger partial charge is 0.488 e. The first-order valence-corrected chi connectivity index (χ1v) is 7.07. The topological polar surface area (TPSA) is 47.7 Å². The molecule has 2 heterocycles. The van der Waals surface area contributed by atoms with Gasteiger partial charge in [-0.25, -0.2) is 0 Å². The minimum Gasteiger partial charge on any atom is -0.488 e. The molecule has 2 N–H and O–H groups in total. The average Bonchev–Trinajstić information content (AvgIpc) is 2.80. The van der Waals surface area contributed by atoms with Gasteiger partial charge in [-0.3, -0.25) is 4.90 Å². The Labute approximate surface area is 114 Å². The molecule has 3 rings (SSSR count). The highest BCUT2D eigenvalue weighted by atomic mass is 16.5. The number of nitrogens with zero attached hydrogens (tertiary/aromatic N) is 1. The van der Waals surface area contributed by atoms with Crippen LogP contribution in [0.4, 0.5) is 0 Å². The van der Waals surface area contributed by atoms with E-state index in [2.05, 4.69) is 30.0 Å². The zero-order valence-electron chi connectivity index (χ0n) is 11.4. The van der Waals surface area contributed by atoms with Crippen molar-refractivity contribution in [1.29, 1.82) is 0 Å². The maximum Gasteiger partial charge on any atom is 0.123 e. The number of fused-ring (bicyclic) bond motifs is 1. The molecule has 2 aliphatic heterocycles. The van der Waals surface area contributed by atoms with E-state index in [-0.39, 0.29) is 18.3 Å². The van der Waals surface area contributed by atoms with Gasteiger partial charge in [0.15, 0.2) is 0 Å². The molecule has 1 saturated heterocycles. The molecular weight excluding hydrogens is 240 g/mol. The summed E-state index contributed by atoms with van der Waals surface area (Å²) in [4.78, 5) is 2.42. The van der Waals surface area contributed by atoms with Crippen LogP contribution in [0.25, 0.3) is 0 Å². The van der Waals surface area contributed by atoms with E-state index in [0.29, 0.717) is 6.54 Å². The van der Waals surface area contributed by atoms with Crippen LogP contribution in [0.2, 0.25) is 0 Å². The van der Waals surface area contributed by atoms with E-state index in [4.69, 9.17) is 15.2 Å². The van der Waals surface area contributed by atoms with Crippen molar-refractivity contribution < 1.29 is 9.47 Å². The molecule has 0 bridgehead atoms. The molecule has 0 aromatic heterocycles. The third kappa shape index (κ3) is 2.91. The summed E-state index contributed by atoms with van der Waals surface area (Å²) in [6.45, 7) is 5.54. The summed E-state index contributed by atoms with van der Waals surface area (Å²) in [5.41, 5.74) is 7.05. The van der Waals surface area contributed by atoms with Gasteiger partial charge in [-0.05, 0) is 18.6 Å². The zero-order valence-corrected chi connectivity index (χ0v) is 11.4. The Morgan fingerprint density at radius 2 is 2.11 bits per heavy atom. The Hall–Kier alpha value is -1.10. The summed E-state index contributed by atoms with van der Waals surface area (Å²) in [7, 11) is 0. The predicted molar refractivity (Wildman–Crippen MR) is 74.4 cm³/mol. The first-order chi connectivity index (χ1) is 9.24. The van der Waals surface area contributed by atoms with Crippen LogP contribution in [0.15, 0.2) is 24.3 Å². The Kier molecular flexibility index (Phi) is 3.73. The lowest BCUT2D eigenvalue weighted by Gasteiger charge is -2.37. The average molecular weight is 262 g/mol. The first kappa shape index (κ1) is 12.9. The normalized spacial score (nSPS) is 30.9. The second-order valence-electron chi connectivity index (χ2n) is 5.57. The molecule has 0 aliphatic carbocycles. The van der Waals surface area contributed by atoms with E-state index >= 15 is 0 Å². The van der Waals surface area contributed by atoms with Crippen LogP contribution in [-0.4, -0.2) is 49.4 Å². The zero-order chi connectivity index (χ0) is 13.2. The Bertz CT molecular complexity index is 413. The second-order valence-corrected chi connectivity index (χ2v) is 5.57. The molecule has 1 aromatic carbocycles. The minimum atomic E-state index is 0.160. The number of ether oxygens (including phenoxy) is 2. The van der Waals surface area contributed by atoms with E-state index in [0.717, 1.165) is 31.8 Å². The molecule has 1 aromatic rings. The van der Waals surface area contributed by atoms with Crippen molar-refractivity contribution in [1.82, 2.24) is 4.90 Å². The minimum absolute atomic E-state index is 0.160. The van der Waals surface area contributed by atoms with Crippen LogP contribution in [0.1, 0.15) is 12.5 Å². The summed E-state index contributed by atoms with van der Waals surface area (Å²) < 4.78 is 11.8. The van der Waals surface area contributed by atoms with Crippen molar-refractivity contribution in [3.05, 3.63) is 29.8 Å². The van der Waals surface area contributed by atoms with Crippen LogP contribution in [0.5, 0.6) is 5.75 Å². The van der Waals surface area contributed by atoms with Gasteiger partial charge in [0, 0.05) is 32.6 Å². The van der Waals surface area contributed by atoms with Crippen LogP contribution in [0.3, 0.4) is 0 Å². The molecule has 3 unspecified atom stereocenters. The SMILES string of the molecule is CC1CN(CC2Cc3ccccc3O2)CC(CN)O1. The molecular formula is C15H22N2O2. The van der Waals surface area contributed by atoms with Crippen molar-refractivity contribution in [3.63, 3.8) is 0 Å². The summed E-state index contributed by atoms with van der Waals surface area (Å²) >= 11 is 0. The van der Waals surface area contributed by atoms with Gasteiger partial charge in [-0.2, -0.15) is 0 Å². The third-order valence-corrected chi connectivity index (χ3v) is 3.84.